The van der Waals surface area contributed by atoms with E-state index in [9.17, 15) is 14.0 Å². The number of fused-ring (bicyclic) bond motifs is 1. The van der Waals surface area contributed by atoms with Crippen molar-refractivity contribution in [3.05, 3.63) is 51.7 Å². The molecule has 0 spiro atoms. The van der Waals surface area contributed by atoms with E-state index in [2.05, 4.69) is 10.6 Å². The largest absolute Gasteiger partial charge is 0.462 e. The number of rotatable bonds is 4. The summed E-state index contributed by atoms with van der Waals surface area (Å²) < 4.78 is 18.1. The zero-order chi connectivity index (χ0) is 18.7. The second-order valence-electron chi connectivity index (χ2n) is 5.70. The Balaban J connectivity index is 1.74. The molecule has 5 nitrogen and oxygen atoms in total. The van der Waals surface area contributed by atoms with Gasteiger partial charge in [0, 0.05) is 10.4 Å². The highest BCUT2D eigenvalue weighted by Crippen LogP contribution is 2.39. The lowest BCUT2D eigenvalue weighted by Gasteiger charge is -2.11. The summed E-state index contributed by atoms with van der Waals surface area (Å²) in [7, 11) is 0. The van der Waals surface area contributed by atoms with E-state index >= 15 is 0 Å². The SMILES string of the molecule is CCOC(=O)c1c(NC(=S)NC(=O)c2ccc(F)cc2)sc2c1CCC2. The van der Waals surface area contributed by atoms with Crippen molar-refractivity contribution in [2.45, 2.75) is 26.2 Å². The molecule has 3 rings (SSSR count). The van der Waals surface area contributed by atoms with Crippen LogP contribution >= 0.6 is 23.6 Å². The third kappa shape index (κ3) is 3.91. The number of esters is 1. The van der Waals surface area contributed by atoms with Gasteiger partial charge >= 0.3 is 5.97 Å². The third-order valence-electron chi connectivity index (χ3n) is 3.96. The first kappa shape index (κ1) is 18.5. The molecule has 1 heterocycles. The van der Waals surface area contributed by atoms with Crippen molar-refractivity contribution in [2.24, 2.45) is 0 Å². The molecule has 0 saturated carbocycles. The van der Waals surface area contributed by atoms with Gasteiger partial charge < -0.3 is 10.1 Å². The Hall–Kier alpha value is -2.32. The fraction of sp³-hybridized carbons (Fsp3) is 0.278. The predicted octanol–water partition coefficient (Wildman–Crippen LogP) is 3.68. The van der Waals surface area contributed by atoms with E-state index in [0.717, 1.165) is 29.7 Å². The van der Waals surface area contributed by atoms with Gasteiger partial charge in [-0.25, -0.2) is 9.18 Å². The molecule has 1 amide bonds. The quantitative estimate of drug-likeness (QED) is 0.614. The van der Waals surface area contributed by atoms with Gasteiger partial charge in [0.1, 0.15) is 10.8 Å². The smallest absolute Gasteiger partial charge is 0.341 e. The minimum Gasteiger partial charge on any atom is -0.462 e. The molecule has 1 aromatic carbocycles. The van der Waals surface area contributed by atoms with E-state index in [1.54, 1.807) is 6.92 Å². The van der Waals surface area contributed by atoms with Gasteiger partial charge in [0.15, 0.2) is 5.11 Å². The number of hydrogen-bond donors (Lipinski definition) is 2. The minimum absolute atomic E-state index is 0.0739. The Labute approximate surface area is 159 Å². The van der Waals surface area contributed by atoms with Crippen molar-refractivity contribution in [1.82, 2.24) is 5.32 Å². The lowest BCUT2D eigenvalue weighted by molar-refractivity contribution is 0.0527. The Kier molecular flexibility index (Phi) is 5.63. The van der Waals surface area contributed by atoms with Gasteiger partial charge in [-0.2, -0.15) is 0 Å². The van der Waals surface area contributed by atoms with Crippen LogP contribution in [0.25, 0.3) is 0 Å². The van der Waals surface area contributed by atoms with Gasteiger partial charge in [0.25, 0.3) is 5.91 Å². The molecule has 0 saturated heterocycles. The fourth-order valence-corrected chi connectivity index (χ4v) is 4.36. The molecule has 2 aromatic rings. The number of amides is 1. The van der Waals surface area contributed by atoms with E-state index in [-0.39, 0.29) is 23.3 Å². The highest BCUT2D eigenvalue weighted by Gasteiger charge is 2.28. The van der Waals surface area contributed by atoms with E-state index in [1.807, 2.05) is 0 Å². The van der Waals surface area contributed by atoms with Gasteiger partial charge in [-0.05, 0) is 68.2 Å². The molecule has 1 aromatic heterocycles. The number of thiophene rings is 1. The number of anilines is 1. The molecule has 0 bridgehead atoms. The minimum atomic E-state index is -0.454. The van der Waals surface area contributed by atoms with E-state index in [1.165, 1.54) is 35.6 Å². The predicted molar refractivity (Wildman–Crippen MR) is 102 cm³/mol. The third-order valence-corrected chi connectivity index (χ3v) is 5.37. The molecule has 0 aliphatic heterocycles. The highest BCUT2D eigenvalue weighted by atomic mass is 32.1. The Bertz CT molecular complexity index is 862. The van der Waals surface area contributed by atoms with E-state index in [0.29, 0.717) is 10.6 Å². The first-order valence-corrected chi connectivity index (χ1v) is 9.41. The maximum absolute atomic E-state index is 12.9. The molecule has 0 fully saturated rings. The molecular formula is C18H17FN2O3S2. The average Bonchev–Trinajstić information content (AvgIpc) is 3.15. The van der Waals surface area contributed by atoms with Crippen molar-refractivity contribution < 1.29 is 18.7 Å². The van der Waals surface area contributed by atoms with Crippen molar-refractivity contribution >= 4 is 45.5 Å². The summed E-state index contributed by atoms with van der Waals surface area (Å²) in [6, 6.07) is 5.15. The van der Waals surface area contributed by atoms with E-state index < -0.39 is 11.7 Å². The zero-order valence-corrected chi connectivity index (χ0v) is 15.7. The van der Waals surface area contributed by atoms with Crippen LogP contribution in [0.2, 0.25) is 0 Å². The van der Waals surface area contributed by atoms with Crippen LogP contribution in [0, 0.1) is 5.82 Å². The standard InChI is InChI=1S/C18H17FN2O3S2/c1-2-24-17(23)14-12-4-3-5-13(12)26-16(14)21-18(25)20-15(22)10-6-8-11(19)9-7-10/h6-9H,2-5H2,1H3,(H2,20,21,22,25). The van der Waals surface area contributed by atoms with Crippen molar-refractivity contribution in [3.63, 3.8) is 0 Å². The number of halogens is 1. The molecule has 2 N–H and O–H groups in total. The number of aryl methyl sites for hydroxylation is 1. The number of hydrogen-bond acceptors (Lipinski definition) is 5. The maximum atomic E-state index is 12.9. The van der Waals surface area contributed by atoms with Crippen molar-refractivity contribution in [3.8, 4) is 0 Å². The number of carbonyl (C=O) groups excluding carboxylic acids is 2. The second-order valence-corrected chi connectivity index (χ2v) is 7.21. The fourth-order valence-electron chi connectivity index (χ4n) is 2.82. The summed E-state index contributed by atoms with van der Waals surface area (Å²) in [6.45, 7) is 2.04. The van der Waals surface area contributed by atoms with Gasteiger partial charge in [0.05, 0.1) is 12.2 Å². The zero-order valence-electron chi connectivity index (χ0n) is 14.1. The van der Waals surface area contributed by atoms with Crippen LogP contribution in [0.1, 0.15) is 44.5 Å². The Morgan fingerprint density at radius 1 is 1.27 bits per heavy atom. The summed E-state index contributed by atoms with van der Waals surface area (Å²) in [6.07, 6.45) is 2.76. The molecule has 26 heavy (non-hydrogen) atoms. The van der Waals surface area contributed by atoms with Gasteiger partial charge in [0.2, 0.25) is 0 Å². The molecule has 0 radical (unpaired) electrons. The summed E-state index contributed by atoms with van der Waals surface area (Å²) in [5, 5.41) is 6.13. The number of carbonyl (C=O) groups is 2. The highest BCUT2D eigenvalue weighted by molar-refractivity contribution is 7.80. The topological polar surface area (TPSA) is 67.4 Å². The summed E-state index contributed by atoms with van der Waals surface area (Å²) in [4.78, 5) is 25.6. The Morgan fingerprint density at radius 2 is 2.00 bits per heavy atom. The molecule has 1 aliphatic carbocycles. The molecule has 1 aliphatic rings. The summed E-state index contributed by atoms with van der Waals surface area (Å²) >= 11 is 6.65. The second kappa shape index (κ2) is 7.92. The van der Waals surface area contributed by atoms with Crippen LogP contribution in [-0.2, 0) is 17.6 Å². The first-order chi connectivity index (χ1) is 12.5. The number of nitrogens with one attached hydrogen (secondary N) is 2. The Morgan fingerprint density at radius 3 is 2.69 bits per heavy atom. The van der Waals surface area contributed by atoms with Crippen LogP contribution in [0.15, 0.2) is 24.3 Å². The van der Waals surface area contributed by atoms with Crippen LogP contribution in [0.3, 0.4) is 0 Å². The first-order valence-electron chi connectivity index (χ1n) is 8.19. The van der Waals surface area contributed by atoms with Gasteiger partial charge in [-0.15, -0.1) is 11.3 Å². The van der Waals surface area contributed by atoms with Crippen LogP contribution in [0.5, 0.6) is 0 Å². The summed E-state index contributed by atoms with van der Waals surface area (Å²) in [5.41, 5.74) is 1.79. The normalized spacial score (nSPS) is 12.4. The van der Waals surface area contributed by atoms with Crippen LogP contribution < -0.4 is 10.6 Å². The molecule has 136 valence electrons. The summed E-state index contributed by atoms with van der Waals surface area (Å²) in [5.74, 6) is -1.26. The molecule has 8 heteroatoms. The lowest BCUT2D eigenvalue weighted by Crippen LogP contribution is -2.34. The maximum Gasteiger partial charge on any atom is 0.341 e. The molecule has 0 atom stereocenters. The monoisotopic (exact) mass is 392 g/mol. The van der Waals surface area contributed by atoms with Crippen molar-refractivity contribution in [2.75, 3.05) is 11.9 Å². The average molecular weight is 392 g/mol. The van der Waals surface area contributed by atoms with Crippen molar-refractivity contribution in [1.29, 1.82) is 0 Å². The van der Waals surface area contributed by atoms with Crippen LogP contribution in [0.4, 0.5) is 9.39 Å². The number of benzene rings is 1. The van der Waals surface area contributed by atoms with Gasteiger partial charge in [-0.1, -0.05) is 0 Å². The van der Waals surface area contributed by atoms with E-state index in [4.69, 9.17) is 17.0 Å². The van der Waals surface area contributed by atoms with Gasteiger partial charge in [-0.3, -0.25) is 10.1 Å². The lowest BCUT2D eigenvalue weighted by atomic mass is 10.1. The number of ether oxygens (including phenoxy) is 1. The molecular weight excluding hydrogens is 375 g/mol. The molecule has 0 unspecified atom stereocenters. The number of thiocarbonyl (C=S) groups is 1. The van der Waals surface area contributed by atoms with Crippen LogP contribution in [-0.4, -0.2) is 23.6 Å².